The van der Waals surface area contributed by atoms with E-state index in [0.717, 1.165) is 40.8 Å². The largest absolute Gasteiger partial charge is 0.343 e. The molecule has 27 heavy (non-hydrogen) atoms. The highest BCUT2D eigenvalue weighted by Gasteiger charge is 2.47. The molecule has 1 aliphatic carbocycles. The Labute approximate surface area is 157 Å². The summed E-state index contributed by atoms with van der Waals surface area (Å²) in [6, 6.07) is 14.5. The zero-order valence-electron chi connectivity index (χ0n) is 15.1. The average Bonchev–Trinajstić information content (AvgIpc) is 3.32. The molecule has 1 heterocycles. The fraction of sp³-hybridized carbons (Fsp3) is 0.182. The number of aryl methyl sites for hydroxylation is 1. The normalized spacial score (nSPS) is 14.6. The molecule has 1 N–H and O–H groups in total. The number of carbonyl (C=O) groups is 1. The van der Waals surface area contributed by atoms with Crippen LogP contribution < -0.4 is 5.32 Å². The summed E-state index contributed by atoms with van der Waals surface area (Å²) < 4.78 is 15.0. The van der Waals surface area contributed by atoms with Gasteiger partial charge in [-0.3, -0.25) is 9.48 Å². The molecule has 1 fully saturated rings. The predicted molar refractivity (Wildman–Crippen MR) is 103 cm³/mol. The predicted octanol–water partition coefficient (Wildman–Crippen LogP) is 4.18. The first kappa shape index (κ1) is 17.2. The highest BCUT2D eigenvalue weighted by Crippen LogP contribution is 2.49. The molecule has 2 aromatic carbocycles. The Morgan fingerprint density at radius 1 is 1.19 bits per heavy atom. The number of carbonyl (C=O) groups excluding carboxylic acids is 1. The van der Waals surface area contributed by atoms with E-state index in [9.17, 15) is 9.18 Å². The van der Waals surface area contributed by atoms with Gasteiger partial charge >= 0.3 is 0 Å². The Balaban J connectivity index is 1.83. The summed E-state index contributed by atoms with van der Waals surface area (Å²) in [5.41, 5.74) is 4.39. The smallest absolute Gasteiger partial charge is 0.244 e. The molecule has 0 unspecified atom stereocenters. The van der Waals surface area contributed by atoms with Gasteiger partial charge in [-0.2, -0.15) is 5.10 Å². The van der Waals surface area contributed by atoms with Crippen LogP contribution in [0.5, 0.6) is 0 Å². The van der Waals surface area contributed by atoms with Crippen molar-refractivity contribution in [1.29, 1.82) is 0 Å². The second-order valence-electron chi connectivity index (χ2n) is 6.92. The van der Waals surface area contributed by atoms with E-state index in [1.807, 2.05) is 31.4 Å². The number of rotatable bonds is 5. The molecular formula is C22H20FN3O. The summed E-state index contributed by atoms with van der Waals surface area (Å²) in [6.07, 6.45) is 4.95. The van der Waals surface area contributed by atoms with E-state index in [1.54, 1.807) is 16.8 Å². The minimum Gasteiger partial charge on any atom is -0.343 e. The van der Waals surface area contributed by atoms with E-state index in [-0.39, 0.29) is 17.3 Å². The number of hydrogen-bond acceptors (Lipinski definition) is 2. The average molecular weight is 361 g/mol. The topological polar surface area (TPSA) is 46.9 Å². The molecule has 5 heteroatoms. The van der Waals surface area contributed by atoms with Crippen molar-refractivity contribution in [3.05, 3.63) is 78.8 Å². The standard InChI is InChI=1S/C22H20FN3O/c1-3-21(27)24-22(11-12-22)19-9-6-16(15-4-7-17(23)8-5-15)14-18(19)20-10-13-26(2)25-20/h3-10,13-14H,1,11-12H2,2H3,(H,24,27). The van der Waals surface area contributed by atoms with E-state index < -0.39 is 0 Å². The number of nitrogens with zero attached hydrogens (tertiary/aromatic N) is 2. The monoisotopic (exact) mass is 361 g/mol. The van der Waals surface area contributed by atoms with Gasteiger partial charge in [-0.25, -0.2) is 4.39 Å². The van der Waals surface area contributed by atoms with Gasteiger partial charge < -0.3 is 5.32 Å². The minimum absolute atomic E-state index is 0.179. The maximum Gasteiger partial charge on any atom is 0.244 e. The lowest BCUT2D eigenvalue weighted by atomic mass is 9.92. The lowest BCUT2D eigenvalue weighted by Crippen LogP contribution is -2.33. The number of halogens is 1. The van der Waals surface area contributed by atoms with Gasteiger partial charge in [0, 0.05) is 18.8 Å². The number of nitrogens with one attached hydrogen (secondary N) is 1. The third-order valence-corrected chi connectivity index (χ3v) is 5.00. The number of benzene rings is 2. The van der Waals surface area contributed by atoms with Crippen LogP contribution in [0, 0.1) is 5.82 Å². The van der Waals surface area contributed by atoms with Gasteiger partial charge in [-0.05, 0) is 59.9 Å². The third-order valence-electron chi connectivity index (χ3n) is 5.00. The van der Waals surface area contributed by atoms with E-state index in [1.165, 1.54) is 18.2 Å². The molecule has 1 saturated carbocycles. The number of hydrogen-bond donors (Lipinski definition) is 1. The molecule has 4 nitrogen and oxygen atoms in total. The van der Waals surface area contributed by atoms with Crippen molar-refractivity contribution in [2.75, 3.05) is 0 Å². The van der Waals surface area contributed by atoms with Gasteiger partial charge in [0.1, 0.15) is 5.82 Å². The molecule has 0 spiro atoms. The lowest BCUT2D eigenvalue weighted by Gasteiger charge is -2.21. The van der Waals surface area contributed by atoms with Gasteiger partial charge in [-0.15, -0.1) is 0 Å². The first-order valence-corrected chi connectivity index (χ1v) is 8.86. The fourth-order valence-electron chi connectivity index (χ4n) is 3.43. The van der Waals surface area contributed by atoms with Crippen LogP contribution in [-0.4, -0.2) is 15.7 Å². The van der Waals surface area contributed by atoms with Gasteiger partial charge in [0.25, 0.3) is 0 Å². The summed E-state index contributed by atoms with van der Waals surface area (Å²) in [4.78, 5) is 11.9. The van der Waals surface area contributed by atoms with E-state index >= 15 is 0 Å². The minimum atomic E-state index is -0.376. The third kappa shape index (κ3) is 3.28. The van der Waals surface area contributed by atoms with Crippen molar-refractivity contribution in [3.63, 3.8) is 0 Å². The molecule has 0 saturated heterocycles. The second-order valence-corrected chi connectivity index (χ2v) is 6.92. The van der Waals surface area contributed by atoms with Crippen LogP contribution in [0.25, 0.3) is 22.4 Å². The quantitative estimate of drug-likeness (QED) is 0.693. The highest BCUT2D eigenvalue weighted by atomic mass is 19.1. The summed E-state index contributed by atoms with van der Waals surface area (Å²) in [6.45, 7) is 3.55. The maximum absolute atomic E-state index is 13.3. The van der Waals surface area contributed by atoms with Crippen molar-refractivity contribution in [2.24, 2.45) is 7.05 Å². The molecule has 0 aliphatic heterocycles. The van der Waals surface area contributed by atoms with E-state index in [0.29, 0.717) is 0 Å². The van der Waals surface area contributed by atoms with Gasteiger partial charge in [-0.1, -0.05) is 30.8 Å². The molecule has 4 rings (SSSR count). The molecule has 0 radical (unpaired) electrons. The number of amides is 1. The molecule has 0 bridgehead atoms. The molecule has 1 amide bonds. The van der Waals surface area contributed by atoms with Crippen molar-refractivity contribution in [1.82, 2.24) is 15.1 Å². The summed E-state index contributed by atoms with van der Waals surface area (Å²) in [5, 5.41) is 7.63. The maximum atomic E-state index is 13.3. The van der Waals surface area contributed by atoms with E-state index in [4.69, 9.17) is 0 Å². The Morgan fingerprint density at radius 3 is 2.48 bits per heavy atom. The van der Waals surface area contributed by atoms with E-state index in [2.05, 4.69) is 23.1 Å². The van der Waals surface area contributed by atoms with Crippen LogP contribution >= 0.6 is 0 Å². The summed E-state index contributed by atoms with van der Waals surface area (Å²) in [7, 11) is 1.87. The van der Waals surface area contributed by atoms with Crippen LogP contribution in [0.1, 0.15) is 18.4 Å². The van der Waals surface area contributed by atoms with Gasteiger partial charge in [0.2, 0.25) is 5.91 Å². The summed E-state index contributed by atoms with van der Waals surface area (Å²) >= 11 is 0. The first-order chi connectivity index (χ1) is 13.0. The molecule has 1 aliphatic rings. The SMILES string of the molecule is C=CC(=O)NC1(c2ccc(-c3ccc(F)cc3)cc2-c2ccn(C)n2)CC1. The second kappa shape index (κ2) is 6.50. The van der Waals surface area contributed by atoms with Crippen molar-refractivity contribution >= 4 is 5.91 Å². The molecule has 3 aromatic rings. The molecule has 0 atom stereocenters. The van der Waals surface area contributed by atoms with Crippen LogP contribution in [0.3, 0.4) is 0 Å². The number of aromatic nitrogens is 2. The zero-order valence-corrected chi connectivity index (χ0v) is 15.1. The van der Waals surface area contributed by atoms with Crippen molar-refractivity contribution in [3.8, 4) is 22.4 Å². The Kier molecular flexibility index (Phi) is 4.15. The highest BCUT2D eigenvalue weighted by molar-refractivity contribution is 5.88. The van der Waals surface area contributed by atoms with Crippen LogP contribution in [0.4, 0.5) is 4.39 Å². The molecule has 136 valence electrons. The lowest BCUT2D eigenvalue weighted by molar-refractivity contribution is -0.117. The van der Waals surface area contributed by atoms with Crippen LogP contribution in [0.15, 0.2) is 67.4 Å². The van der Waals surface area contributed by atoms with Crippen molar-refractivity contribution < 1.29 is 9.18 Å². The van der Waals surface area contributed by atoms with Crippen LogP contribution in [0.2, 0.25) is 0 Å². The first-order valence-electron chi connectivity index (χ1n) is 8.86. The van der Waals surface area contributed by atoms with Gasteiger partial charge in [0.15, 0.2) is 0 Å². The Bertz CT molecular complexity index is 1020. The Hall–Kier alpha value is -3.21. The van der Waals surface area contributed by atoms with Gasteiger partial charge in [0.05, 0.1) is 11.2 Å². The molecular weight excluding hydrogens is 341 g/mol. The zero-order chi connectivity index (χ0) is 19.0. The Morgan fingerprint density at radius 2 is 1.89 bits per heavy atom. The van der Waals surface area contributed by atoms with Crippen molar-refractivity contribution in [2.45, 2.75) is 18.4 Å². The fourth-order valence-corrected chi connectivity index (χ4v) is 3.43. The molecule has 1 aromatic heterocycles. The van der Waals surface area contributed by atoms with Crippen LogP contribution in [-0.2, 0) is 17.4 Å². The summed E-state index contributed by atoms with van der Waals surface area (Å²) in [5.74, 6) is -0.438.